The van der Waals surface area contributed by atoms with Gasteiger partial charge in [0.25, 0.3) is 11.9 Å². The van der Waals surface area contributed by atoms with Crippen LogP contribution < -0.4 is 20.1 Å². The summed E-state index contributed by atoms with van der Waals surface area (Å²) in [5, 5.41) is 8.47. The first-order valence-electron chi connectivity index (χ1n) is 21.5. The summed E-state index contributed by atoms with van der Waals surface area (Å²) in [7, 11) is -1.59. The lowest BCUT2D eigenvalue weighted by Gasteiger charge is -2.30. The molecule has 63 heavy (non-hydrogen) atoms. The Kier molecular flexibility index (Phi) is 13.1. The van der Waals surface area contributed by atoms with Crippen LogP contribution in [0.1, 0.15) is 91.2 Å². The minimum atomic E-state index is -4.19. The number of rotatable bonds is 9. The van der Waals surface area contributed by atoms with Crippen molar-refractivity contribution >= 4 is 56.4 Å². The summed E-state index contributed by atoms with van der Waals surface area (Å²) in [6.07, 6.45) is 5.55. The van der Waals surface area contributed by atoms with Gasteiger partial charge in [-0.15, -0.1) is 11.3 Å². The van der Waals surface area contributed by atoms with Crippen LogP contribution in [0, 0.1) is 12.8 Å². The molecule has 0 spiro atoms. The maximum Gasteiger partial charge on any atom is 0.408 e. The zero-order chi connectivity index (χ0) is 45.4. The van der Waals surface area contributed by atoms with E-state index in [0.29, 0.717) is 30.8 Å². The number of carbonyl (C=O) groups is 4. The van der Waals surface area contributed by atoms with E-state index >= 15 is 0 Å². The lowest BCUT2D eigenvalue weighted by molar-refractivity contribution is -0.141. The highest BCUT2D eigenvalue weighted by Gasteiger charge is 2.62. The number of fused-ring (bicyclic) bond motifs is 3. The van der Waals surface area contributed by atoms with E-state index in [4.69, 9.17) is 19.4 Å². The number of imidazole rings is 1. The van der Waals surface area contributed by atoms with Gasteiger partial charge in [-0.1, -0.05) is 54.8 Å². The molecule has 2 aromatic carbocycles. The van der Waals surface area contributed by atoms with Crippen molar-refractivity contribution in [3.8, 4) is 27.8 Å². The fourth-order valence-corrected chi connectivity index (χ4v) is 9.70. The number of alkyl carbamates (subject to hydrolysis) is 1. The summed E-state index contributed by atoms with van der Waals surface area (Å²) in [5.41, 5.74) is 2.95. The van der Waals surface area contributed by atoms with Crippen LogP contribution in [0.25, 0.3) is 32.9 Å². The molecule has 3 aliphatic rings. The summed E-state index contributed by atoms with van der Waals surface area (Å²) in [6.45, 7) is 11.2. The van der Waals surface area contributed by atoms with Crippen LogP contribution in [-0.2, 0) is 29.3 Å². The summed E-state index contributed by atoms with van der Waals surface area (Å²) in [6, 6.07) is 12.1. The van der Waals surface area contributed by atoms with Crippen LogP contribution in [0.15, 0.2) is 60.0 Å². The number of hydrogen-bond acceptors (Lipinski definition) is 11. The van der Waals surface area contributed by atoms with Crippen LogP contribution in [-0.4, -0.2) is 106 Å². The lowest BCUT2D eigenvalue weighted by atomic mass is 10.0. The second-order valence-corrected chi connectivity index (χ2v) is 20.9. The van der Waals surface area contributed by atoms with Crippen molar-refractivity contribution in [3.05, 3.63) is 65.6 Å². The first-order chi connectivity index (χ1) is 29.8. The monoisotopic (exact) mass is 902 g/mol. The third kappa shape index (κ3) is 10.1. The van der Waals surface area contributed by atoms with Crippen LogP contribution >= 0.6 is 11.3 Å². The van der Waals surface area contributed by atoms with E-state index in [1.165, 1.54) is 30.3 Å². The summed E-state index contributed by atoms with van der Waals surface area (Å²) in [4.78, 5) is 67.8. The standard InChI is InChI=1S/C45H58N8O8S2/c1-27(2)53-35-21-15-19-32(39-46-34(26-62-39)29-17-14-16-28(3)22-29)37(35)48-42(53)60-31-23-36-38(54)49-45(41(56)50-63(58,59)51(7)8)24-30(45)18-12-10-9-11-13-20-33(40(55)52(36)25-31)47-43(57)61-44(4,5)6/h12,14-19,21-22,26-27,30-31,33,36H,9-11,13,20,23-25H2,1-8H3,(H,47,57)(H,49,54)(H,50,56)/b18-12-/t30-,31+,33-,36-,45+/m0/s1. The molecule has 7 rings (SSSR count). The van der Waals surface area contributed by atoms with Gasteiger partial charge in [-0.05, 0) is 85.4 Å². The minimum Gasteiger partial charge on any atom is -0.459 e. The van der Waals surface area contributed by atoms with Gasteiger partial charge in [0.2, 0.25) is 11.8 Å². The van der Waals surface area contributed by atoms with E-state index in [2.05, 4.69) is 21.4 Å². The van der Waals surface area contributed by atoms with Crippen LogP contribution in [0.2, 0.25) is 0 Å². The van der Waals surface area contributed by atoms with Gasteiger partial charge in [-0.3, -0.25) is 19.0 Å². The molecule has 338 valence electrons. The molecule has 2 aromatic heterocycles. The molecule has 16 nitrogen and oxygen atoms in total. The Bertz CT molecular complexity index is 2530. The molecule has 0 bridgehead atoms. The molecular formula is C45H58N8O8S2. The molecule has 1 saturated carbocycles. The summed E-state index contributed by atoms with van der Waals surface area (Å²) in [5.74, 6) is -2.51. The van der Waals surface area contributed by atoms with Crippen molar-refractivity contribution in [1.29, 1.82) is 0 Å². The molecule has 3 N–H and O–H groups in total. The molecule has 5 atom stereocenters. The molecule has 2 aliphatic heterocycles. The van der Waals surface area contributed by atoms with E-state index in [9.17, 15) is 27.6 Å². The smallest absolute Gasteiger partial charge is 0.408 e. The van der Waals surface area contributed by atoms with Gasteiger partial charge in [-0.25, -0.2) is 14.5 Å². The number of hydrogen-bond donors (Lipinski definition) is 3. The fraction of sp³-hybridized carbons (Fsp3) is 0.511. The molecule has 1 saturated heterocycles. The SMILES string of the molecule is Cc1cccc(-c2csc(-c3cccc4c3nc(O[C@@H]3C[C@H]5C(=O)N[C@]6(C(=O)NS(=O)(=O)N(C)C)C[C@@H]6/C=C\CCCCC[C@H](NC(=O)OC(C)(C)C)C(=O)N5C3)n4C(C)C)n2)c1. The number of para-hydroxylation sites is 1. The number of nitrogens with one attached hydrogen (secondary N) is 3. The fourth-order valence-electron chi connectivity index (χ4n) is 8.25. The molecule has 1 aliphatic carbocycles. The van der Waals surface area contributed by atoms with Crippen molar-refractivity contribution in [2.45, 2.75) is 122 Å². The Morgan fingerprint density at radius 3 is 2.54 bits per heavy atom. The number of amides is 4. The summed E-state index contributed by atoms with van der Waals surface area (Å²) < 4.78 is 42.9. The van der Waals surface area contributed by atoms with E-state index in [-0.39, 0.29) is 25.4 Å². The number of aromatic nitrogens is 3. The first-order valence-corrected chi connectivity index (χ1v) is 23.8. The second kappa shape index (κ2) is 18.0. The molecular weight excluding hydrogens is 845 g/mol. The van der Waals surface area contributed by atoms with Crippen LogP contribution in [0.4, 0.5) is 4.79 Å². The number of carbonyl (C=O) groups excluding carboxylic acids is 4. The van der Waals surface area contributed by atoms with E-state index in [1.54, 1.807) is 20.8 Å². The number of nitrogens with zero attached hydrogens (tertiary/aromatic N) is 5. The van der Waals surface area contributed by atoms with Gasteiger partial charge in [-0.2, -0.15) is 17.7 Å². The lowest BCUT2D eigenvalue weighted by Crippen LogP contribution is -2.58. The highest BCUT2D eigenvalue weighted by Crippen LogP contribution is 2.46. The number of aryl methyl sites for hydroxylation is 1. The van der Waals surface area contributed by atoms with Gasteiger partial charge in [0, 0.05) is 49.0 Å². The van der Waals surface area contributed by atoms with Gasteiger partial charge in [0.05, 0.1) is 17.8 Å². The quantitative estimate of drug-likeness (QED) is 0.161. The van der Waals surface area contributed by atoms with Crippen molar-refractivity contribution in [3.63, 3.8) is 0 Å². The molecule has 2 fully saturated rings. The number of thiazole rings is 1. The molecule has 4 amide bonds. The molecule has 0 radical (unpaired) electrons. The molecule has 18 heteroatoms. The van der Waals surface area contributed by atoms with Crippen molar-refractivity contribution in [2.75, 3.05) is 20.6 Å². The normalized spacial score (nSPS) is 23.9. The number of ether oxygens (including phenoxy) is 2. The Balaban J connectivity index is 1.23. The zero-order valence-corrected chi connectivity index (χ0v) is 38.8. The Morgan fingerprint density at radius 2 is 1.83 bits per heavy atom. The number of benzene rings is 2. The van der Waals surface area contributed by atoms with Crippen molar-refractivity contribution in [2.24, 2.45) is 5.92 Å². The Morgan fingerprint density at radius 1 is 1.06 bits per heavy atom. The van der Waals surface area contributed by atoms with Crippen LogP contribution in [0.3, 0.4) is 0 Å². The average Bonchev–Trinajstić information content (AvgIpc) is 3.55. The van der Waals surface area contributed by atoms with Crippen molar-refractivity contribution < 1.29 is 37.1 Å². The largest absolute Gasteiger partial charge is 0.459 e. The minimum absolute atomic E-state index is 0.0193. The highest BCUT2D eigenvalue weighted by molar-refractivity contribution is 7.87. The third-order valence-electron chi connectivity index (χ3n) is 11.6. The maximum absolute atomic E-state index is 14.7. The zero-order valence-electron chi connectivity index (χ0n) is 37.1. The predicted molar refractivity (Wildman–Crippen MR) is 241 cm³/mol. The number of allylic oxidation sites excluding steroid dienone is 1. The Hall–Kier alpha value is -5.33. The third-order valence-corrected chi connectivity index (χ3v) is 13.8. The second-order valence-electron chi connectivity index (χ2n) is 18.2. The van der Waals surface area contributed by atoms with E-state index in [0.717, 1.165) is 50.1 Å². The average molecular weight is 903 g/mol. The summed E-state index contributed by atoms with van der Waals surface area (Å²) >= 11 is 1.52. The van der Waals surface area contributed by atoms with Gasteiger partial charge in [0.1, 0.15) is 39.9 Å². The van der Waals surface area contributed by atoms with E-state index in [1.807, 2.05) is 79.3 Å². The molecule has 4 heterocycles. The maximum atomic E-state index is 14.7. The molecule has 4 aromatic rings. The van der Waals surface area contributed by atoms with Crippen LogP contribution in [0.5, 0.6) is 6.01 Å². The molecule has 0 unspecified atom stereocenters. The first kappa shape index (κ1) is 45.7. The van der Waals surface area contributed by atoms with Crippen molar-refractivity contribution in [1.82, 2.24) is 39.1 Å². The van der Waals surface area contributed by atoms with E-state index < -0.39 is 69.3 Å². The Labute approximate surface area is 373 Å². The van der Waals surface area contributed by atoms with Gasteiger partial charge >= 0.3 is 16.3 Å². The van der Waals surface area contributed by atoms with Gasteiger partial charge < -0.3 is 25.0 Å². The highest BCUT2D eigenvalue weighted by atomic mass is 32.2. The van der Waals surface area contributed by atoms with Gasteiger partial charge in [0.15, 0.2) is 0 Å². The predicted octanol–water partition coefficient (Wildman–Crippen LogP) is 6.28. The topological polar surface area (TPSA) is 194 Å².